The monoisotopic (exact) mass is 246 g/mol. The van der Waals surface area contributed by atoms with Crippen LogP contribution in [-0.4, -0.2) is 25.0 Å². The highest BCUT2D eigenvalue weighted by Crippen LogP contribution is 2.20. The normalized spacial score (nSPS) is 18.2. The summed E-state index contributed by atoms with van der Waals surface area (Å²) < 4.78 is 0. The third kappa shape index (κ3) is 3.57. The summed E-state index contributed by atoms with van der Waals surface area (Å²) in [5, 5.41) is 6.31. The van der Waals surface area contributed by atoms with Gasteiger partial charge < -0.3 is 10.6 Å². The van der Waals surface area contributed by atoms with Gasteiger partial charge in [0.15, 0.2) is 0 Å². The number of carbonyl (C=O) groups excluding carboxylic acids is 1. The number of benzene rings is 1. The number of rotatable bonds is 5. The Hall–Kier alpha value is -1.35. The van der Waals surface area contributed by atoms with Gasteiger partial charge in [-0.25, -0.2) is 0 Å². The van der Waals surface area contributed by atoms with E-state index in [2.05, 4.69) is 41.8 Å². The van der Waals surface area contributed by atoms with Crippen LogP contribution in [0, 0.1) is 0 Å². The number of amides is 1. The van der Waals surface area contributed by atoms with E-state index in [9.17, 15) is 4.79 Å². The zero-order chi connectivity index (χ0) is 12.8. The Bertz CT molecular complexity index is 403. The second kappa shape index (κ2) is 6.55. The molecule has 0 spiro atoms. The Labute approximate surface area is 109 Å². The maximum absolute atomic E-state index is 11.7. The molecule has 0 aliphatic heterocycles. The minimum atomic E-state index is 0.167. The molecule has 2 N–H and O–H groups in total. The van der Waals surface area contributed by atoms with Crippen molar-refractivity contribution < 1.29 is 4.79 Å². The first kappa shape index (κ1) is 13.1. The lowest BCUT2D eigenvalue weighted by Gasteiger charge is -2.25. The molecule has 1 aromatic carbocycles. The summed E-state index contributed by atoms with van der Waals surface area (Å²) in [7, 11) is 0. The van der Waals surface area contributed by atoms with Gasteiger partial charge in [0.1, 0.15) is 0 Å². The third-order valence-corrected chi connectivity index (χ3v) is 3.49. The molecule has 3 heteroatoms. The fourth-order valence-electron chi connectivity index (χ4n) is 2.50. The molecule has 1 amide bonds. The SMILES string of the molecule is CCNCCC(=O)NC1CCc2ccccc2C1. The van der Waals surface area contributed by atoms with Crippen molar-refractivity contribution in [3.05, 3.63) is 35.4 Å². The summed E-state index contributed by atoms with van der Waals surface area (Å²) in [5.41, 5.74) is 2.83. The van der Waals surface area contributed by atoms with Crippen molar-refractivity contribution in [2.75, 3.05) is 13.1 Å². The molecule has 1 unspecified atom stereocenters. The maximum Gasteiger partial charge on any atom is 0.221 e. The predicted octanol–water partition coefficient (Wildman–Crippen LogP) is 1.66. The first-order valence-electron chi connectivity index (χ1n) is 6.86. The minimum absolute atomic E-state index is 0.167. The van der Waals surface area contributed by atoms with Crippen LogP contribution in [0.5, 0.6) is 0 Å². The van der Waals surface area contributed by atoms with Crippen LogP contribution in [0.3, 0.4) is 0 Å². The second-order valence-corrected chi connectivity index (χ2v) is 4.88. The Morgan fingerprint density at radius 3 is 2.89 bits per heavy atom. The summed E-state index contributed by atoms with van der Waals surface area (Å²) in [6.45, 7) is 3.74. The zero-order valence-electron chi connectivity index (χ0n) is 11.0. The second-order valence-electron chi connectivity index (χ2n) is 4.88. The van der Waals surface area contributed by atoms with Crippen LogP contribution in [0.1, 0.15) is 30.9 Å². The van der Waals surface area contributed by atoms with Gasteiger partial charge in [0.2, 0.25) is 5.91 Å². The first-order chi connectivity index (χ1) is 8.79. The van der Waals surface area contributed by atoms with Gasteiger partial charge >= 0.3 is 0 Å². The molecule has 0 saturated carbocycles. The van der Waals surface area contributed by atoms with Crippen LogP contribution in [0.15, 0.2) is 24.3 Å². The maximum atomic E-state index is 11.7. The van der Waals surface area contributed by atoms with E-state index in [0.717, 1.165) is 32.4 Å². The molecule has 0 bridgehead atoms. The molecule has 3 nitrogen and oxygen atoms in total. The molecule has 2 rings (SSSR count). The van der Waals surface area contributed by atoms with Crippen molar-refractivity contribution in [3.8, 4) is 0 Å². The zero-order valence-corrected chi connectivity index (χ0v) is 11.0. The van der Waals surface area contributed by atoms with E-state index < -0.39 is 0 Å². The summed E-state index contributed by atoms with van der Waals surface area (Å²) in [4.78, 5) is 11.7. The van der Waals surface area contributed by atoms with Gasteiger partial charge in [-0.1, -0.05) is 31.2 Å². The van der Waals surface area contributed by atoms with E-state index in [1.165, 1.54) is 11.1 Å². The van der Waals surface area contributed by atoms with Crippen molar-refractivity contribution >= 4 is 5.91 Å². The Balaban J connectivity index is 1.80. The predicted molar refractivity (Wildman–Crippen MR) is 73.6 cm³/mol. The molecule has 0 saturated heterocycles. The summed E-state index contributed by atoms with van der Waals surface area (Å²) in [6, 6.07) is 8.85. The van der Waals surface area contributed by atoms with E-state index in [1.54, 1.807) is 0 Å². The molecule has 98 valence electrons. The molecule has 0 fully saturated rings. The number of aryl methyl sites for hydroxylation is 1. The highest BCUT2D eigenvalue weighted by molar-refractivity contribution is 5.76. The topological polar surface area (TPSA) is 41.1 Å². The number of carbonyl (C=O) groups is 1. The van der Waals surface area contributed by atoms with Crippen LogP contribution in [0.2, 0.25) is 0 Å². The molecule has 1 aliphatic carbocycles. The average Bonchev–Trinajstić information content (AvgIpc) is 2.39. The number of hydrogen-bond donors (Lipinski definition) is 2. The number of fused-ring (bicyclic) bond motifs is 1. The smallest absolute Gasteiger partial charge is 0.221 e. The van der Waals surface area contributed by atoms with Gasteiger partial charge in [0.25, 0.3) is 0 Å². The largest absolute Gasteiger partial charge is 0.353 e. The van der Waals surface area contributed by atoms with E-state index in [4.69, 9.17) is 0 Å². The van der Waals surface area contributed by atoms with Crippen LogP contribution in [0.25, 0.3) is 0 Å². The molecular weight excluding hydrogens is 224 g/mol. The van der Waals surface area contributed by atoms with E-state index >= 15 is 0 Å². The van der Waals surface area contributed by atoms with Gasteiger partial charge in [-0.05, 0) is 36.9 Å². The van der Waals surface area contributed by atoms with Crippen molar-refractivity contribution in [3.63, 3.8) is 0 Å². The lowest BCUT2D eigenvalue weighted by Crippen LogP contribution is -2.39. The third-order valence-electron chi connectivity index (χ3n) is 3.49. The van der Waals surface area contributed by atoms with Gasteiger partial charge in [-0.2, -0.15) is 0 Å². The Morgan fingerprint density at radius 2 is 2.11 bits per heavy atom. The summed E-state index contributed by atoms with van der Waals surface area (Å²) >= 11 is 0. The van der Waals surface area contributed by atoms with Crippen LogP contribution >= 0.6 is 0 Å². The van der Waals surface area contributed by atoms with Gasteiger partial charge in [0.05, 0.1) is 0 Å². The van der Waals surface area contributed by atoms with Gasteiger partial charge in [-0.15, -0.1) is 0 Å². The highest BCUT2D eigenvalue weighted by Gasteiger charge is 2.19. The molecule has 0 radical (unpaired) electrons. The van der Waals surface area contributed by atoms with E-state index in [1.807, 2.05) is 0 Å². The Morgan fingerprint density at radius 1 is 1.33 bits per heavy atom. The van der Waals surface area contributed by atoms with Gasteiger partial charge in [-0.3, -0.25) is 4.79 Å². The lowest BCUT2D eigenvalue weighted by atomic mass is 9.88. The molecule has 1 aromatic rings. The fourth-order valence-corrected chi connectivity index (χ4v) is 2.50. The minimum Gasteiger partial charge on any atom is -0.353 e. The molecule has 0 heterocycles. The molecule has 0 aromatic heterocycles. The van der Waals surface area contributed by atoms with Crippen LogP contribution < -0.4 is 10.6 Å². The van der Waals surface area contributed by atoms with Crippen LogP contribution in [0.4, 0.5) is 0 Å². The number of hydrogen-bond acceptors (Lipinski definition) is 2. The molecule has 18 heavy (non-hydrogen) atoms. The molecule has 1 aliphatic rings. The molecule has 1 atom stereocenters. The van der Waals surface area contributed by atoms with Crippen molar-refractivity contribution in [2.24, 2.45) is 0 Å². The van der Waals surface area contributed by atoms with Gasteiger partial charge in [0, 0.05) is 19.0 Å². The average molecular weight is 246 g/mol. The summed E-state index contributed by atoms with van der Waals surface area (Å²) in [5.74, 6) is 0.167. The van der Waals surface area contributed by atoms with Crippen molar-refractivity contribution in [2.45, 2.75) is 38.6 Å². The lowest BCUT2D eigenvalue weighted by molar-refractivity contribution is -0.121. The Kier molecular flexibility index (Phi) is 4.76. The first-order valence-corrected chi connectivity index (χ1v) is 6.86. The molecular formula is C15H22N2O. The number of nitrogens with one attached hydrogen (secondary N) is 2. The summed E-state index contributed by atoms with van der Waals surface area (Å²) in [6.07, 6.45) is 3.69. The van der Waals surface area contributed by atoms with Crippen molar-refractivity contribution in [1.82, 2.24) is 10.6 Å². The van der Waals surface area contributed by atoms with E-state index in [0.29, 0.717) is 12.5 Å². The fraction of sp³-hybridized carbons (Fsp3) is 0.533. The van der Waals surface area contributed by atoms with Crippen LogP contribution in [-0.2, 0) is 17.6 Å². The van der Waals surface area contributed by atoms with Crippen molar-refractivity contribution in [1.29, 1.82) is 0 Å². The quantitative estimate of drug-likeness (QED) is 0.776. The standard InChI is InChI=1S/C15H22N2O/c1-2-16-10-9-15(18)17-14-8-7-12-5-3-4-6-13(12)11-14/h3-6,14,16H,2,7-11H2,1H3,(H,17,18). The van der Waals surface area contributed by atoms with E-state index in [-0.39, 0.29) is 5.91 Å². The highest BCUT2D eigenvalue weighted by atomic mass is 16.1.